The van der Waals surface area contributed by atoms with Crippen molar-refractivity contribution in [2.45, 2.75) is 18.2 Å². The van der Waals surface area contributed by atoms with Crippen molar-refractivity contribution in [2.24, 2.45) is 5.10 Å². The molecular weight excluding hydrogens is 508 g/mol. The number of nitrogens with zero attached hydrogens (tertiary/aromatic N) is 2. The summed E-state index contributed by atoms with van der Waals surface area (Å²) in [5, 5.41) is 6.49. The summed E-state index contributed by atoms with van der Waals surface area (Å²) in [6, 6.07) is 21.4. The molecule has 0 saturated carbocycles. The first-order chi connectivity index (χ1) is 18.2. The van der Waals surface area contributed by atoms with Crippen molar-refractivity contribution in [3.8, 4) is 0 Å². The minimum absolute atomic E-state index is 0.0124. The van der Waals surface area contributed by atoms with Gasteiger partial charge in [-0.15, -0.1) is 0 Å². The lowest BCUT2D eigenvalue weighted by Crippen LogP contribution is -2.40. The maximum Gasteiger partial charge on any atom is 0.337 e. The van der Waals surface area contributed by atoms with E-state index in [2.05, 4.69) is 20.6 Å². The molecule has 0 unspecified atom stereocenters. The highest BCUT2D eigenvalue weighted by Crippen LogP contribution is 2.19. The number of rotatable bonds is 11. The second kappa shape index (κ2) is 13.3. The van der Waals surface area contributed by atoms with E-state index in [4.69, 9.17) is 0 Å². The predicted molar refractivity (Wildman–Crippen MR) is 143 cm³/mol. The van der Waals surface area contributed by atoms with Crippen LogP contribution in [0.2, 0.25) is 0 Å². The van der Waals surface area contributed by atoms with E-state index in [0.717, 1.165) is 9.87 Å². The molecule has 2 amide bonds. The Balaban J connectivity index is 1.72. The van der Waals surface area contributed by atoms with Crippen LogP contribution in [0.1, 0.15) is 28.4 Å². The molecule has 2 N–H and O–H groups in total. The van der Waals surface area contributed by atoms with Gasteiger partial charge < -0.3 is 10.1 Å². The first kappa shape index (κ1) is 28.2. The number of carbonyl (C=O) groups excluding carboxylic acids is 3. The topological polar surface area (TPSA) is 134 Å². The predicted octanol–water partition coefficient (Wildman–Crippen LogP) is 2.82. The zero-order valence-corrected chi connectivity index (χ0v) is 21.8. The summed E-state index contributed by atoms with van der Waals surface area (Å²) in [5.41, 5.74) is 4.71. The van der Waals surface area contributed by atoms with Crippen LogP contribution in [0.5, 0.6) is 0 Å². The van der Waals surface area contributed by atoms with Crippen LogP contribution in [-0.4, -0.2) is 56.9 Å². The molecule has 3 aromatic carbocycles. The van der Waals surface area contributed by atoms with Crippen LogP contribution in [-0.2, 0) is 30.8 Å². The van der Waals surface area contributed by atoms with Gasteiger partial charge in [0.05, 0.1) is 30.3 Å². The molecule has 198 valence electrons. The normalized spacial score (nSPS) is 11.3. The van der Waals surface area contributed by atoms with E-state index < -0.39 is 28.4 Å². The van der Waals surface area contributed by atoms with Gasteiger partial charge in [0.25, 0.3) is 5.91 Å². The van der Waals surface area contributed by atoms with Crippen molar-refractivity contribution < 1.29 is 27.5 Å². The van der Waals surface area contributed by atoms with Crippen LogP contribution in [0.4, 0.5) is 5.69 Å². The van der Waals surface area contributed by atoms with Crippen LogP contribution in [0.25, 0.3) is 0 Å². The number of methoxy groups -OCH3 is 1. The second-order valence-electron chi connectivity index (χ2n) is 8.19. The molecule has 0 bridgehead atoms. The van der Waals surface area contributed by atoms with Crippen molar-refractivity contribution in [3.05, 3.63) is 95.6 Å². The second-order valence-corrected chi connectivity index (χ2v) is 10.1. The number of hydrogen-bond donors (Lipinski definition) is 2. The van der Waals surface area contributed by atoms with Crippen molar-refractivity contribution in [2.75, 3.05) is 25.5 Å². The Bertz CT molecular complexity index is 1390. The van der Waals surface area contributed by atoms with Gasteiger partial charge in [-0.3, -0.25) is 9.59 Å². The highest BCUT2D eigenvalue weighted by Gasteiger charge is 2.26. The van der Waals surface area contributed by atoms with E-state index >= 15 is 0 Å². The fraction of sp³-hybridized carbons (Fsp3) is 0.185. The van der Waals surface area contributed by atoms with E-state index in [1.165, 1.54) is 44.5 Å². The molecule has 0 radical (unpaired) electrons. The van der Waals surface area contributed by atoms with E-state index in [1.807, 2.05) is 30.3 Å². The molecule has 0 aliphatic rings. The third-order valence-corrected chi connectivity index (χ3v) is 7.22. The Labute approximate surface area is 221 Å². The smallest absolute Gasteiger partial charge is 0.337 e. The number of sulfonamides is 1. The van der Waals surface area contributed by atoms with Crippen LogP contribution < -0.4 is 10.7 Å². The van der Waals surface area contributed by atoms with E-state index in [1.54, 1.807) is 24.3 Å². The summed E-state index contributed by atoms with van der Waals surface area (Å²) in [7, 11) is -2.75. The molecule has 0 fully saturated rings. The summed E-state index contributed by atoms with van der Waals surface area (Å²) >= 11 is 0. The largest absolute Gasteiger partial charge is 0.465 e. The molecule has 11 heteroatoms. The van der Waals surface area contributed by atoms with Gasteiger partial charge in [-0.05, 0) is 53.9 Å². The Hall–Kier alpha value is -4.35. The van der Waals surface area contributed by atoms with Gasteiger partial charge in [0.1, 0.15) is 0 Å². The Morgan fingerprint density at radius 2 is 1.61 bits per heavy atom. The van der Waals surface area contributed by atoms with Gasteiger partial charge in [0.2, 0.25) is 15.9 Å². The number of hydrogen-bond acceptors (Lipinski definition) is 7. The van der Waals surface area contributed by atoms with Crippen molar-refractivity contribution in [1.82, 2.24) is 9.73 Å². The molecule has 0 atom stereocenters. The number of hydrazone groups is 1. The Morgan fingerprint density at radius 1 is 0.947 bits per heavy atom. The van der Waals surface area contributed by atoms with E-state index in [9.17, 15) is 22.8 Å². The molecule has 38 heavy (non-hydrogen) atoms. The SMILES string of the molecule is COC(=O)c1ccc(C=NNC(=O)CN(CCc2ccccc2)S(=O)(=O)c2ccc(NC(C)=O)cc2)cc1. The lowest BCUT2D eigenvalue weighted by molar-refractivity contribution is -0.121. The van der Waals surface area contributed by atoms with Crippen LogP contribution >= 0.6 is 0 Å². The molecule has 3 aromatic rings. The summed E-state index contributed by atoms with van der Waals surface area (Å²) in [4.78, 5) is 35.4. The Kier molecular flexibility index (Phi) is 9.85. The average Bonchev–Trinajstić information content (AvgIpc) is 2.91. The number of esters is 1. The maximum atomic E-state index is 13.4. The number of anilines is 1. The van der Waals surface area contributed by atoms with Gasteiger partial charge in [-0.1, -0.05) is 42.5 Å². The summed E-state index contributed by atoms with van der Waals surface area (Å²) < 4.78 is 32.6. The molecular formula is C27H28N4O6S. The standard InChI is InChI=1S/C27H28N4O6S/c1-20(32)29-24-12-14-25(15-13-24)38(35,36)31(17-16-21-6-4-3-5-7-21)19-26(33)30-28-18-22-8-10-23(11-9-22)27(34)37-2/h3-15,18H,16-17,19H2,1-2H3,(H,29,32)(H,30,33). The van der Waals surface area contributed by atoms with Crippen molar-refractivity contribution in [3.63, 3.8) is 0 Å². The average molecular weight is 537 g/mol. The maximum absolute atomic E-state index is 13.4. The third kappa shape index (κ3) is 8.08. The lowest BCUT2D eigenvalue weighted by atomic mass is 10.1. The van der Waals surface area contributed by atoms with Gasteiger partial charge >= 0.3 is 5.97 Å². The zero-order chi connectivity index (χ0) is 27.5. The van der Waals surface area contributed by atoms with Gasteiger partial charge in [0, 0.05) is 19.2 Å². The summed E-state index contributed by atoms with van der Waals surface area (Å²) in [5.74, 6) is -1.37. The number of amides is 2. The van der Waals surface area contributed by atoms with Crippen molar-refractivity contribution in [1.29, 1.82) is 0 Å². The van der Waals surface area contributed by atoms with Crippen LogP contribution in [0, 0.1) is 0 Å². The van der Waals surface area contributed by atoms with Crippen molar-refractivity contribution >= 4 is 39.7 Å². The quantitative estimate of drug-likeness (QED) is 0.220. The lowest BCUT2D eigenvalue weighted by Gasteiger charge is -2.21. The molecule has 0 aliphatic carbocycles. The monoisotopic (exact) mass is 536 g/mol. The molecule has 0 heterocycles. The fourth-order valence-electron chi connectivity index (χ4n) is 3.44. The highest BCUT2D eigenvalue weighted by atomic mass is 32.2. The fourth-order valence-corrected chi connectivity index (χ4v) is 4.84. The minimum atomic E-state index is -4.04. The third-order valence-electron chi connectivity index (χ3n) is 5.36. The highest BCUT2D eigenvalue weighted by molar-refractivity contribution is 7.89. The van der Waals surface area contributed by atoms with Crippen LogP contribution in [0.15, 0.2) is 88.9 Å². The number of ether oxygens (including phenoxy) is 1. The van der Waals surface area contributed by atoms with Gasteiger partial charge in [-0.25, -0.2) is 18.6 Å². The number of benzene rings is 3. The molecule has 0 saturated heterocycles. The van der Waals surface area contributed by atoms with E-state index in [0.29, 0.717) is 23.2 Å². The molecule has 3 rings (SSSR count). The minimum Gasteiger partial charge on any atom is -0.465 e. The molecule has 0 spiro atoms. The van der Waals surface area contributed by atoms with Gasteiger partial charge in [0.15, 0.2) is 0 Å². The molecule has 0 aliphatic heterocycles. The zero-order valence-electron chi connectivity index (χ0n) is 21.0. The summed E-state index contributed by atoms with van der Waals surface area (Å²) in [6.45, 7) is 0.960. The first-order valence-electron chi connectivity index (χ1n) is 11.6. The van der Waals surface area contributed by atoms with E-state index in [-0.39, 0.29) is 17.3 Å². The molecule has 0 aromatic heterocycles. The molecule has 10 nitrogen and oxygen atoms in total. The Morgan fingerprint density at radius 3 is 2.21 bits per heavy atom. The first-order valence-corrected chi connectivity index (χ1v) is 13.0. The summed E-state index contributed by atoms with van der Waals surface area (Å²) in [6.07, 6.45) is 1.77. The number of nitrogens with one attached hydrogen (secondary N) is 2. The number of carbonyl (C=O) groups is 3. The van der Waals surface area contributed by atoms with Gasteiger partial charge in [-0.2, -0.15) is 9.41 Å². The van der Waals surface area contributed by atoms with Crippen LogP contribution in [0.3, 0.4) is 0 Å².